The zero-order chi connectivity index (χ0) is 24.9. The van der Waals surface area contributed by atoms with Gasteiger partial charge in [0.05, 0.1) is 19.2 Å². The zero-order valence-electron chi connectivity index (χ0n) is 19.4. The first kappa shape index (κ1) is 26.3. The van der Waals surface area contributed by atoms with Crippen molar-refractivity contribution < 1.29 is 31.4 Å². The topological polar surface area (TPSA) is 109 Å². The molecule has 188 valence electrons. The minimum atomic E-state index is -4.67. The maximum absolute atomic E-state index is 12.7. The van der Waals surface area contributed by atoms with Gasteiger partial charge in [0.15, 0.2) is 0 Å². The van der Waals surface area contributed by atoms with Gasteiger partial charge in [-0.05, 0) is 36.5 Å². The highest BCUT2D eigenvalue weighted by molar-refractivity contribution is 7.79. The number of esters is 1. The van der Waals surface area contributed by atoms with E-state index in [2.05, 4.69) is 47.4 Å². The van der Waals surface area contributed by atoms with Crippen LogP contribution in [0.15, 0.2) is 37.1 Å². The standard InChI is InChI=1S/C24H31FN2O2.H2O4S/c1-3-10-26-15-17-14-22-20(19-7-5-8-21(26)23(17)19)13-18(16-27(22)11-4-2)24(28)29-12-6-9-25;1-5(2,3)4/h4-5,7-8,15,18,20,22H,2-3,6,9-14,16H2,1H3;(H2,1,2,3,4)/t18-,20?,22-;/m1./s1. The van der Waals surface area contributed by atoms with Crippen molar-refractivity contribution in [3.05, 3.63) is 48.2 Å². The van der Waals surface area contributed by atoms with E-state index in [1.807, 2.05) is 6.08 Å². The number of piperidine rings is 1. The molecule has 0 spiro atoms. The number of carbonyl (C=O) groups is 1. The molecule has 10 heteroatoms. The molecule has 1 fully saturated rings. The normalized spacial score (nSPS) is 21.9. The van der Waals surface area contributed by atoms with Gasteiger partial charge in [-0.3, -0.25) is 23.2 Å². The van der Waals surface area contributed by atoms with Gasteiger partial charge in [0.2, 0.25) is 0 Å². The van der Waals surface area contributed by atoms with Crippen LogP contribution >= 0.6 is 0 Å². The van der Waals surface area contributed by atoms with Crippen LogP contribution in [0, 0.1) is 5.92 Å². The van der Waals surface area contributed by atoms with E-state index in [1.54, 1.807) is 0 Å². The molecule has 0 saturated carbocycles. The zero-order valence-corrected chi connectivity index (χ0v) is 20.2. The fraction of sp³-hybridized carbons (Fsp3) is 0.542. The van der Waals surface area contributed by atoms with Gasteiger partial charge in [-0.1, -0.05) is 25.1 Å². The van der Waals surface area contributed by atoms with Gasteiger partial charge in [0.1, 0.15) is 0 Å². The van der Waals surface area contributed by atoms with Crippen molar-refractivity contribution in [2.24, 2.45) is 5.92 Å². The maximum Gasteiger partial charge on any atom is 0.394 e. The molecule has 34 heavy (non-hydrogen) atoms. The van der Waals surface area contributed by atoms with E-state index in [-0.39, 0.29) is 24.9 Å². The van der Waals surface area contributed by atoms with Crippen LogP contribution in [-0.4, -0.2) is 65.4 Å². The number of rotatable bonds is 8. The molecule has 8 nitrogen and oxygen atoms in total. The van der Waals surface area contributed by atoms with E-state index in [0.717, 1.165) is 32.4 Å². The van der Waals surface area contributed by atoms with Crippen molar-refractivity contribution in [1.82, 2.24) is 9.47 Å². The number of likely N-dealkylation sites (tertiary alicyclic amines) is 1. The molecule has 1 aliphatic carbocycles. The lowest BCUT2D eigenvalue weighted by Crippen LogP contribution is -2.51. The van der Waals surface area contributed by atoms with Crippen molar-refractivity contribution >= 4 is 27.3 Å². The molecular formula is C24H33FN2O6S. The van der Waals surface area contributed by atoms with Gasteiger partial charge in [0, 0.05) is 55.1 Å². The fourth-order valence-corrected chi connectivity index (χ4v) is 5.29. The third kappa shape index (κ3) is 6.24. The minimum Gasteiger partial charge on any atom is -0.465 e. The van der Waals surface area contributed by atoms with Crippen LogP contribution in [0.3, 0.4) is 0 Å². The second-order valence-corrected chi connectivity index (χ2v) is 9.70. The van der Waals surface area contributed by atoms with E-state index in [4.69, 9.17) is 22.3 Å². The smallest absolute Gasteiger partial charge is 0.394 e. The Labute approximate surface area is 200 Å². The SMILES string of the molecule is C=CCN1C[C@H](C(=O)OCCCF)CC2c3cccc4c3c(cn4CCC)C[C@H]21.O=S(=O)(O)O. The van der Waals surface area contributed by atoms with Gasteiger partial charge < -0.3 is 9.30 Å². The highest BCUT2D eigenvalue weighted by Gasteiger charge is 2.43. The predicted molar refractivity (Wildman–Crippen MR) is 128 cm³/mol. The number of carbonyl (C=O) groups excluding carboxylic acids is 1. The highest BCUT2D eigenvalue weighted by Crippen LogP contribution is 2.45. The molecule has 1 aromatic heterocycles. The first-order valence-corrected chi connectivity index (χ1v) is 13.0. The van der Waals surface area contributed by atoms with E-state index in [9.17, 15) is 9.18 Å². The highest BCUT2D eigenvalue weighted by atomic mass is 32.3. The molecule has 2 N–H and O–H groups in total. The summed E-state index contributed by atoms with van der Waals surface area (Å²) in [6.45, 7) is 8.32. The number of benzene rings is 1. The second-order valence-electron chi connectivity index (χ2n) is 8.80. The Bertz CT molecular complexity index is 1110. The number of alkyl halides is 1. The van der Waals surface area contributed by atoms with Gasteiger partial charge in [-0.15, -0.1) is 6.58 Å². The van der Waals surface area contributed by atoms with Crippen molar-refractivity contribution in [3.63, 3.8) is 0 Å². The number of hydrogen-bond donors (Lipinski definition) is 2. The molecule has 0 radical (unpaired) electrons. The average molecular weight is 497 g/mol. The van der Waals surface area contributed by atoms with Gasteiger partial charge in [0.25, 0.3) is 0 Å². The van der Waals surface area contributed by atoms with Crippen LogP contribution in [0.4, 0.5) is 4.39 Å². The molecule has 1 aliphatic heterocycles. The second kappa shape index (κ2) is 11.4. The predicted octanol–water partition coefficient (Wildman–Crippen LogP) is 3.82. The Balaban J connectivity index is 0.000000588. The third-order valence-electron chi connectivity index (χ3n) is 6.46. The van der Waals surface area contributed by atoms with Crippen LogP contribution in [0.25, 0.3) is 10.9 Å². The third-order valence-corrected chi connectivity index (χ3v) is 6.46. The fourth-order valence-electron chi connectivity index (χ4n) is 5.29. The molecule has 4 rings (SSSR count). The van der Waals surface area contributed by atoms with Crippen molar-refractivity contribution in [2.45, 2.75) is 51.1 Å². The molecule has 2 heterocycles. The summed E-state index contributed by atoms with van der Waals surface area (Å²) >= 11 is 0. The lowest BCUT2D eigenvalue weighted by Gasteiger charge is -2.46. The Kier molecular flexibility index (Phi) is 8.86. The summed E-state index contributed by atoms with van der Waals surface area (Å²) in [4.78, 5) is 15.1. The number of fused-ring (bicyclic) bond motifs is 2. The summed E-state index contributed by atoms with van der Waals surface area (Å²) in [5.41, 5.74) is 4.09. The number of aryl methyl sites for hydroxylation is 1. The Hall–Kier alpha value is -2.27. The summed E-state index contributed by atoms with van der Waals surface area (Å²) < 4.78 is 51.7. The first-order chi connectivity index (χ1) is 16.2. The Morgan fingerprint density at radius 2 is 2.09 bits per heavy atom. The summed E-state index contributed by atoms with van der Waals surface area (Å²) in [5.74, 6) is -0.0612. The quantitative estimate of drug-likeness (QED) is 0.247. The molecule has 2 aliphatic rings. The first-order valence-electron chi connectivity index (χ1n) is 11.6. The number of hydrogen-bond acceptors (Lipinski definition) is 5. The minimum absolute atomic E-state index is 0.168. The number of nitrogens with zero attached hydrogens (tertiary/aromatic N) is 2. The van der Waals surface area contributed by atoms with Crippen molar-refractivity contribution in [1.29, 1.82) is 0 Å². The van der Waals surface area contributed by atoms with Crippen LogP contribution in [-0.2, 0) is 32.9 Å². The lowest BCUT2D eigenvalue weighted by molar-refractivity contribution is -0.151. The largest absolute Gasteiger partial charge is 0.465 e. The lowest BCUT2D eigenvalue weighted by atomic mass is 9.72. The molecule has 0 amide bonds. The number of halogens is 1. The summed E-state index contributed by atoms with van der Waals surface area (Å²) in [7, 11) is -4.67. The molecule has 1 saturated heterocycles. The Morgan fingerprint density at radius 1 is 1.35 bits per heavy atom. The average Bonchev–Trinajstić information content (AvgIpc) is 3.12. The van der Waals surface area contributed by atoms with Crippen molar-refractivity contribution in [2.75, 3.05) is 26.4 Å². The molecule has 0 bridgehead atoms. The summed E-state index contributed by atoms with van der Waals surface area (Å²) in [6.07, 6.45) is 7.43. The maximum atomic E-state index is 12.7. The number of ether oxygens (including phenoxy) is 1. The van der Waals surface area contributed by atoms with Crippen LogP contribution in [0.1, 0.15) is 43.2 Å². The van der Waals surface area contributed by atoms with Crippen molar-refractivity contribution in [3.8, 4) is 0 Å². The van der Waals surface area contributed by atoms with E-state index in [0.29, 0.717) is 18.5 Å². The van der Waals surface area contributed by atoms with Gasteiger partial charge in [-0.25, -0.2) is 0 Å². The van der Waals surface area contributed by atoms with E-state index >= 15 is 0 Å². The van der Waals surface area contributed by atoms with Crippen LogP contribution in [0.5, 0.6) is 0 Å². The van der Waals surface area contributed by atoms with E-state index < -0.39 is 17.1 Å². The monoisotopic (exact) mass is 496 g/mol. The molecule has 1 aromatic carbocycles. The van der Waals surface area contributed by atoms with Crippen LogP contribution < -0.4 is 0 Å². The summed E-state index contributed by atoms with van der Waals surface area (Å²) in [6, 6.07) is 6.97. The van der Waals surface area contributed by atoms with E-state index in [1.165, 1.54) is 22.0 Å². The van der Waals surface area contributed by atoms with Gasteiger partial charge >= 0.3 is 16.4 Å². The van der Waals surface area contributed by atoms with Gasteiger partial charge in [-0.2, -0.15) is 8.42 Å². The summed E-state index contributed by atoms with van der Waals surface area (Å²) in [5, 5.41) is 1.38. The molecule has 1 unspecified atom stereocenters. The number of aromatic nitrogens is 1. The molecular weight excluding hydrogens is 463 g/mol. The Morgan fingerprint density at radius 3 is 2.74 bits per heavy atom. The molecule has 2 aromatic rings. The van der Waals surface area contributed by atoms with Crippen LogP contribution in [0.2, 0.25) is 0 Å². The molecule has 3 atom stereocenters.